The van der Waals surface area contributed by atoms with Crippen LogP contribution in [0.5, 0.6) is 0 Å². The van der Waals surface area contributed by atoms with E-state index in [4.69, 9.17) is 0 Å². The van der Waals surface area contributed by atoms with Gasteiger partial charge in [-0.2, -0.15) is 0 Å². The van der Waals surface area contributed by atoms with Crippen molar-refractivity contribution in [1.82, 2.24) is 19.9 Å². The van der Waals surface area contributed by atoms with Gasteiger partial charge < -0.3 is 5.32 Å². The normalized spacial score (nSPS) is 27.7. The molecule has 3 heterocycles. The lowest BCUT2D eigenvalue weighted by Gasteiger charge is -2.45. The van der Waals surface area contributed by atoms with E-state index < -0.39 is 0 Å². The second kappa shape index (κ2) is 5.65. The van der Waals surface area contributed by atoms with Crippen LogP contribution < -0.4 is 5.32 Å². The molecule has 114 valence electrons. The molecular formula is C17H21N5. The van der Waals surface area contributed by atoms with Gasteiger partial charge in [0.15, 0.2) is 0 Å². The van der Waals surface area contributed by atoms with Crippen molar-refractivity contribution in [2.24, 2.45) is 5.41 Å². The summed E-state index contributed by atoms with van der Waals surface area (Å²) in [6.45, 7) is 3.44. The number of nitrogens with zero attached hydrogens (tertiary/aromatic N) is 4. The molecule has 1 aliphatic carbocycles. The Labute approximate surface area is 130 Å². The Kier molecular flexibility index (Phi) is 3.50. The van der Waals surface area contributed by atoms with E-state index >= 15 is 0 Å². The first kappa shape index (κ1) is 13.6. The minimum atomic E-state index is 0.521. The fourth-order valence-corrected chi connectivity index (χ4v) is 3.92. The van der Waals surface area contributed by atoms with Gasteiger partial charge >= 0.3 is 0 Å². The molecule has 0 unspecified atom stereocenters. The van der Waals surface area contributed by atoms with E-state index in [2.05, 4.69) is 31.2 Å². The van der Waals surface area contributed by atoms with Crippen molar-refractivity contribution >= 4 is 5.82 Å². The first-order chi connectivity index (χ1) is 10.8. The van der Waals surface area contributed by atoms with Gasteiger partial charge in [-0.3, -0.25) is 9.88 Å². The molecule has 1 N–H and O–H groups in total. The van der Waals surface area contributed by atoms with Crippen molar-refractivity contribution < 1.29 is 0 Å². The summed E-state index contributed by atoms with van der Waals surface area (Å²) >= 11 is 0. The van der Waals surface area contributed by atoms with E-state index in [1.54, 1.807) is 12.5 Å². The van der Waals surface area contributed by atoms with Crippen LogP contribution >= 0.6 is 0 Å². The van der Waals surface area contributed by atoms with Gasteiger partial charge in [0, 0.05) is 37.7 Å². The van der Waals surface area contributed by atoms with Crippen molar-refractivity contribution in [2.45, 2.75) is 31.8 Å². The summed E-state index contributed by atoms with van der Waals surface area (Å²) < 4.78 is 0. The van der Waals surface area contributed by atoms with E-state index in [1.165, 1.54) is 37.9 Å². The third kappa shape index (κ3) is 2.81. The third-order valence-electron chi connectivity index (χ3n) is 4.94. The van der Waals surface area contributed by atoms with Crippen LogP contribution in [0.1, 0.15) is 24.8 Å². The van der Waals surface area contributed by atoms with Crippen molar-refractivity contribution in [2.75, 3.05) is 18.4 Å². The predicted octanol–water partition coefficient (Wildman–Crippen LogP) is 2.34. The number of hydrogen-bond acceptors (Lipinski definition) is 5. The zero-order valence-electron chi connectivity index (χ0n) is 12.7. The molecule has 0 bridgehead atoms. The van der Waals surface area contributed by atoms with Crippen molar-refractivity contribution in [3.05, 3.63) is 48.7 Å². The zero-order valence-corrected chi connectivity index (χ0v) is 12.7. The molecule has 2 aliphatic rings. The predicted molar refractivity (Wildman–Crippen MR) is 85.2 cm³/mol. The summed E-state index contributed by atoms with van der Waals surface area (Å²) in [7, 11) is 0. The van der Waals surface area contributed by atoms with Crippen LogP contribution in [-0.2, 0) is 6.54 Å². The Morgan fingerprint density at radius 2 is 2.18 bits per heavy atom. The van der Waals surface area contributed by atoms with Crippen LogP contribution in [0.15, 0.2) is 43.1 Å². The van der Waals surface area contributed by atoms with Crippen LogP contribution in [0.3, 0.4) is 0 Å². The highest BCUT2D eigenvalue weighted by molar-refractivity contribution is 5.34. The largest absolute Gasteiger partial charge is 0.367 e. The lowest BCUT2D eigenvalue weighted by molar-refractivity contribution is 0.120. The minimum Gasteiger partial charge on any atom is -0.367 e. The summed E-state index contributed by atoms with van der Waals surface area (Å²) in [5.74, 6) is 0.945. The molecule has 0 aromatic carbocycles. The van der Waals surface area contributed by atoms with Crippen molar-refractivity contribution in [3.63, 3.8) is 0 Å². The minimum absolute atomic E-state index is 0.521. The van der Waals surface area contributed by atoms with Gasteiger partial charge in [-0.25, -0.2) is 9.97 Å². The van der Waals surface area contributed by atoms with Crippen LogP contribution in [0.4, 0.5) is 5.82 Å². The summed E-state index contributed by atoms with van der Waals surface area (Å²) in [4.78, 5) is 15.0. The fraction of sp³-hybridized carbons (Fsp3) is 0.471. The van der Waals surface area contributed by atoms with Gasteiger partial charge in [-0.1, -0.05) is 6.07 Å². The monoisotopic (exact) mass is 295 g/mol. The smallest absolute Gasteiger partial charge is 0.129 e. The number of nitrogens with one attached hydrogen (secondary N) is 1. The third-order valence-corrected chi connectivity index (χ3v) is 4.94. The molecule has 2 aromatic rings. The first-order valence-electron chi connectivity index (χ1n) is 7.95. The molecule has 1 saturated carbocycles. The highest BCUT2D eigenvalue weighted by Gasteiger charge is 2.48. The van der Waals surface area contributed by atoms with E-state index in [0.717, 1.165) is 12.4 Å². The van der Waals surface area contributed by atoms with Gasteiger partial charge in [0.2, 0.25) is 0 Å². The second-order valence-corrected chi connectivity index (χ2v) is 6.67. The van der Waals surface area contributed by atoms with Gasteiger partial charge in [-0.15, -0.1) is 0 Å². The molecule has 22 heavy (non-hydrogen) atoms. The summed E-state index contributed by atoms with van der Waals surface area (Å²) in [5.41, 5.74) is 1.84. The highest BCUT2D eigenvalue weighted by atomic mass is 15.2. The topological polar surface area (TPSA) is 53.9 Å². The van der Waals surface area contributed by atoms with Gasteiger partial charge in [0.25, 0.3) is 0 Å². The van der Waals surface area contributed by atoms with Gasteiger partial charge in [-0.05, 0) is 48.9 Å². The molecular weight excluding hydrogens is 274 g/mol. The van der Waals surface area contributed by atoms with Crippen LogP contribution in [-0.4, -0.2) is 39.0 Å². The summed E-state index contributed by atoms with van der Waals surface area (Å²) in [6, 6.07) is 6.69. The fourth-order valence-electron chi connectivity index (χ4n) is 3.92. The maximum atomic E-state index is 4.25. The molecule has 1 aliphatic heterocycles. The Morgan fingerprint density at radius 1 is 1.23 bits per heavy atom. The van der Waals surface area contributed by atoms with Gasteiger partial charge in [0.1, 0.15) is 12.1 Å². The average Bonchev–Trinajstić information content (AvgIpc) is 2.93. The molecule has 4 rings (SSSR count). The molecule has 0 radical (unpaired) electrons. The first-order valence-corrected chi connectivity index (χ1v) is 7.95. The Hall–Kier alpha value is -2.01. The number of anilines is 1. The Morgan fingerprint density at radius 3 is 2.95 bits per heavy atom. The standard InChI is InChI=1S/C17H21N5/c1-2-14(10-18-5-1)11-22-7-4-17(12-22)8-15(9-17)21-16-3-6-19-13-20-16/h1-3,5-6,10,13,15H,4,7-9,11-12H2,(H,19,20,21). The number of pyridine rings is 1. The van der Waals surface area contributed by atoms with E-state index in [9.17, 15) is 0 Å². The Bertz CT molecular complexity index is 609. The molecule has 1 saturated heterocycles. The Balaban J connectivity index is 1.29. The molecule has 5 nitrogen and oxygen atoms in total. The van der Waals surface area contributed by atoms with E-state index in [-0.39, 0.29) is 0 Å². The molecule has 0 amide bonds. The maximum Gasteiger partial charge on any atom is 0.129 e. The average molecular weight is 295 g/mol. The number of rotatable bonds is 4. The molecule has 2 aromatic heterocycles. The van der Waals surface area contributed by atoms with Crippen LogP contribution in [0.25, 0.3) is 0 Å². The number of hydrogen-bond donors (Lipinski definition) is 1. The van der Waals surface area contributed by atoms with Crippen LogP contribution in [0.2, 0.25) is 0 Å². The van der Waals surface area contributed by atoms with E-state index in [1.807, 2.05) is 24.5 Å². The maximum absolute atomic E-state index is 4.25. The van der Waals surface area contributed by atoms with Crippen molar-refractivity contribution in [1.29, 1.82) is 0 Å². The SMILES string of the molecule is c1cncc(CN2CCC3(CC(Nc4ccncn4)C3)C2)c1. The molecule has 5 heteroatoms. The second-order valence-electron chi connectivity index (χ2n) is 6.67. The summed E-state index contributed by atoms with van der Waals surface area (Å²) in [5, 5.41) is 3.51. The molecule has 2 fully saturated rings. The number of aromatic nitrogens is 3. The van der Waals surface area contributed by atoms with Crippen molar-refractivity contribution in [3.8, 4) is 0 Å². The lowest BCUT2D eigenvalue weighted by atomic mass is 9.65. The molecule has 0 atom stereocenters. The summed E-state index contributed by atoms with van der Waals surface area (Å²) in [6.07, 6.45) is 11.0. The van der Waals surface area contributed by atoms with E-state index in [0.29, 0.717) is 11.5 Å². The quantitative estimate of drug-likeness (QED) is 0.938. The van der Waals surface area contributed by atoms with Gasteiger partial charge in [0.05, 0.1) is 0 Å². The van der Waals surface area contributed by atoms with Crippen LogP contribution in [0, 0.1) is 5.41 Å². The zero-order chi connectivity index (χ0) is 14.8. The lowest BCUT2D eigenvalue weighted by Crippen LogP contribution is -2.46. The molecule has 1 spiro atoms. The highest BCUT2D eigenvalue weighted by Crippen LogP contribution is 2.49. The number of likely N-dealkylation sites (tertiary alicyclic amines) is 1.